The van der Waals surface area contributed by atoms with Gasteiger partial charge in [-0.3, -0.25) is 4.79 Å². The second-order valence-electron chi connectivity index (χ2n) is 6.51. The van der Waals surface area contributed by atoms with Crippen LogP contribution < -0.4 is 10.6 Å². The Bertz CT molecular complexity index is 673. The predicted molar refractivity (Wildman–Crippen MR) is 106 cm³/mol. The van der Waals surface area contributed by atoms with Gasteiger partial charge in [0.05, 0.1) is 19.1 Å². The van der Waals surface area contributed by atoms with Gasteiger partial charge >= 0.3 is 0 Å². The molecule has 3 rings (SSSR count). The molecule has 26 heavy (non-hydrogen) atoms. The number of hydrogen-bond donors (Lipinski definition) is 2. The predicted octanol–water partition coefficient (Wildman–Crippen LogP) is 3.44. The molecule has 1 unspecified atom stereocenters. The molecule has 1 heterocycles. The molecule has 1 fully saturated rings. The zero-order valence-corrected chi connectivity index (χ0v) is 15.8. The van der Waals surface area contributed by atoms with Crippen molar-refractivity contribution in [2.45, 2.75) is 32.6 Å². The van der Waals surface area contributed by atoms with Gasteiger partial charge in [-0.1, -0.05) is 54.6 Å². The van der Waals surface area contributed by atoms with Crippen molar-refractivity contribution >= 4 is 18.3 Å². The molecule has 2 N–H and O–H groups in total. The van der Waals surface area contributed by atoms with Crippen molar-refractivity contribution in [3.63, 3.8) is 0 Å². The largest absolute Gasteiger partial charge is 0.372 e. The third kappa shape index (κ3) is 6.13. The molecular weight excluding hydrogens is 348 g/mol. The molecule has 0 saturated carbocycles. The summed E-state index contributed by atoms with van der Waals surface area (Å²) < 4.78 is 5.85. The smallest absolute Gasteiger partial charge is 0.224 e. The number of nitrogens with one attached hydrogen (secondary N) is 2. The van der Waals surface area contributed by atoms with Crippen molar-refractivity contribution in [1.29, 1.82) is 0 Å². The fraction of sp³-hybridized carbons (Fsp3) is 0.381. The molecular formula is C21H27ClN2O2. The van der Waals surface area contributed by atoms with E-state index in [1.165, 1.54) is 0 Å². The van der Waals surface area contributed by atoms with Gasteiger partial charge in [-0.25, -0.2) is 0 Å². The van der Waals surface area contributed by atoms with Crippen LogP contribution in [0.2, 0.25) is 0 Å². The number of halogens is 1. The molecule has 1 saturated heterocycles. The van der Waals surface area contributed by atoms with E-state index in [0.29, 0.717) is 19.8 Å². The lowest BCUT2D eigenvalue weighted by Gasteiger charge is -2.22. The highest BCUT2D eigenvalue weighted by molar-refractivity contribution is 5.85. The average molecular weight is 375 g/mol. The first-order chi connectivity index (χ1) is 12.3. The number of piperidine rings is 1. The van der Waals surface area contributed by atoms with Crippen molar-refractivity contribution in [1.82, 2.24) is 10.6 Å². The summed E-state index contributed by atoms with van der Waals surface area (Å²) in [5, 5.41) is 6.37. The Morgan fingerprint density at radius 2 is 1.77 bits per heavy atom. The Morgan fingerprint density at radius 1 is 1.04 bits per heavy atom. The second kappa shape index (κ2) is 11.0. The molecule has 1 aliphatic heterocycles. The van der Waals surface area contributed by atoms with Gasteiger partial charge in [-0.15, -0.1) is 12.4 Å². The number of ether oxygens (including phenoxy) is 1. The van der Waals surface area contributed by atoms with E-state index >= 15 is 0 Å². The Kier molecular flexibility index (Phi) is 8.62. The molecule has 2 aromatic carbocycles. The van der Waals surface area contributed by atoms with Crippen LogP contribution in [-0.4, -0.2) is 19.0 Å². The number of rotatable bonds is 7. The highest BCUT2D eigenvalue weighted by Crippen LogP contribution is 2.13. The summed E-state index contributed by atoms with van der Waals surface area (Å²) in [4.78, 5) is 12.3. The molecule has 1 aliphatic rings. The number of amides is 1. The SMILES string of the molecule is Cl.O=C(NCc1ccccc1COCc1ccccc1)C1CCCNC1. The van der Waals surface area contributed by atoms with E-state index in [4.69, 9.17) is 4.74 Å². The summed E-state index contributed by atoms with van der Waals surface area (Å²) in [5.74, 6) is 0.238. The lowest BCUT2D eigenvalue weighted by molar-refractivity contribution is -0.125. The topological polar surface area (TPSA) is 50.4 Å². The molecule has 1 amide bonds. The summed E-state index contributed by atoms with van der Waals surface area (Å²) in [6.07, 6.45) is 2.04. The first kappa shape index (κ1) is 20.4. The first-order valence-electron chi connectivity index (χ1n) is 9.00. The van der Waals surface area contributed by atoms with Crippen LogP contribution in [0.3, 0.4) is 0 Å². The highest BCUT2D eigenvalue weighted by atomic mass is 35.5. The van der Waals surface area contributed by atoms with Crippen LogP contribution in [0.4, 0.5) is 0 Å². The molecule has 0 aliphatic carbocycles. The van der Waals surface area contributed by atoms with E-state index in [1.807, 2.05) is 30.3 Å². The summed E-state index contributed by atoms with van der Waals surface area (Å²) in [5.41, 5.74) is 3.41. The minimum absolute atomic E-state index is 0. The zero-order valence-electron chi connectivity index (χ0n) is 14.9. The van der Waals surface area contributed by atoms with Gasteiger partial charge in [0.2, 0.25) is 5.91 Å². The number of carbonyl (C=O) groups is 1. The summed E-state index contributed by atoms with van der Waals surface area (Å²) in [6, 6.07) is 18.3. The lowest BCUT2D eigenvalue weighted by atomic mass is 9.98. The zero-order chi connectivity index (χ0) is 17.3. The van der Waals surface area contributed by atoms with E-state index in [0.717, 1.165) is 42.6 Å². The van der Waals surface area contributed by atoms with Crippen LogP contribution in [0.1, 0.15) is 29.5 Å². The monoisotopic (exact) mass is 374 g/mol. The Balaban J connectivity index is 0.00000243. The van der Waals surface area contributed by atoms with E-state index in [-0.39, 0.29) is 24.2 Å². The van der Waals surface area contributed by atoms with Gasteiger partial charge in [0.25, 0.3) is 0 Å². The van der Waals surface area contributed by atoms with Gasteiger partial charge in [0.15, 0.2) is 0 Å². The van der Waals surface area contributed by atoms with Crippen LogP contribution in [-0.2, 0) is 29.3 Å². The quantitative estimate of drug-likeness (QED) is 0.780. The van der Waals surface area contributed by atoms with Crippen molar-refractivity contribution in [2.24, 2.45) is 5.92 Å². The van der Waals surface area contributed by atoms with Gasteiger partial charge in [0.1, 0.15) is 0 Å². The standard InChI is InChI=1S/C21H26N2O2.ClH/c24-21(19-11-6-12-22-13-19)23-14-18-9-4-5-10-20(18)16-25-15-17-7-2-1-3-8-17;/h1-5,7-10,19,22H,6,11-16H2,(H,23,24);1H. The molecule has 0 radical (unpaired) electrons. The third-order valence-corrected chi connectivity index (χ3v) is 4.61. The number of hydrogen-bond acceptors (Lipinski definition) is 3. The summed E-state index contributed by atoms with van der Waals surface area (Å²) in [7, 11) is 0. The molecule has 140 valence electrons. The van der Waals surface area contributed by atoms with E-state index in [1.54, 1.807) is 0 Å². The van der Waals surface area contributed by atoms with Crippen LogP contribution in [0, 0.1) is 5.92 Å². The normalized spacial score (nSPS) is 16.5. The van der Waals surface area contributed by atoms with Crippen molar-refractivity contribution in [2.75, 3.05) is 13.1 Å². The number of carbonyl (C=O) groups excluding carboxylic acids is 1. The molecule has 1 atom stereocenters. The third-order valence-electron chi connectivity index (χ3n) is 4.61. The molecule has 0 aromatic heterocycles. The maximum atomic E-state index is 12.3. The van der Waals surface area contributed by atoms with Crippen LogP contribution in [0.25, 0.3) is 0 Å². The highest BCUT2D eigenvalue weighted by Gasteiger charge is 2.20. The van der Waals surface area contributed by atoms with E-state index in [9.17, 15) is 4.79 Å². The Morgan fingerprint density at radius 3 is 2.50 bits per heavy atom. The minimum atomic E-state index is 0. The van der Waals surface area contributed by atoms with Crippen molar-refractivity contribution < 1.29 is 9.53 Å². The van der Waals surface area contributed by atoms with Crippen LogP contribution in [0.15, 0.2) is 54.6 Å². The average Bonchev–Trinajstić information content (AvgIpc) is 2.68. The van der Waals surface area contributed by atoms with Gasteiger partial charge < -0.3 is 15.4 Å². The fourth-order valence-corrected chi connectivity index (χ4v) is 3.13. The minimum Gasteiger partial charge on any atom is -0.372 e. The lowest BCUT2D eigenvalue weighted by Crippen LogP contribution is -2.40. The van der Waals surface area contributed by atoms with Crippen molar-refractivity contribution in [3.05, 3.63) is 71.3 Å². The molecule has 2 aromatic rings. The molecule has 0 bridgehead atoms. The Hall–Kier alpha value is -1.88. The maximum absolute atomic E-state index is 12.3. The number of benzene rings is 2. The molecule has 0 spiro atoms. The van der Waals surface area contributed by atoms with Crippen LogP contribution >= 0.6 is 12.4 Å². The Labute approximate surface area is 161 Å². The first-order valence-corrected chi connectivity index (χ1v) is 9.00. The summed E-state index contributed by atoms with van der Waals surface area (Å²) in [6.45, 7) is 3.50. The second-order valence-corrected chi connectivity index (χ2v) is 6.51. The van der Waals surface area contributed by atoms with Gasteiger partial charge in [-0.05, 0) is 36.1 Å². The van der Waals surface area contributed by atoms with Gasteiger partial charge in [0, 0.05) is 13.1 Å². The fourth-order valence-electron chi connectivity index (χ4n) is 3.13. The van der Waals surface area contributed by atoms with Gasteiger partial charge in [-0.2, -0.15) is 0 Å². The molecule has 4 nitrogen and oxygen atoms in total. The summed E-state index contributed by atoms with van der Waals surface area (Å²) >= 11 is 0. The van der Waals surface area contributed by atoms with E-state index in [2.05, 4.69) is 34.9 Å². The van der Waals surface area contributed by atoms with E-state index < -0.39 is 0 Å². The maximum Gasteiger partial charge on any atom is 0.224 e. The van der Waals surface area contributed by atoms with Crippen molar-refractivity contribution in [3.8, 4) is 0 Å². The molecule has 5 heteroatoms. The van der Waals surface area contributed by atoms with Crippen LogP contribution in [0.5, 0.6) is 0 Å².